The zero-order valence-corrected chi connectivity index (χ0v) is 22.2. The van der Waals surface area contributed by atoms with Gasteiger partial charge in [0.1, 0.15) is 0 Å². The Bertz CT molecular complexity index is 1130. The molecule has 0 radical (unpaired) electrons. The molecular weight excluding hydrogens is 500 g/mol. The lowest BCUT2D eigenvalue weighted by atomic mass is 9.97. The highest BCUT2D eigenvalue weighted by molar-refractivity contribution is 5.98. The standard InChI is InChI=1S/C27H38N8O4/c1-27(15-5-6-17-31-27)34-23(25(37)32-20-11-13-21(14-12-20)35(38)39)10-7-16-30-26(29)33-24(36)22(28)18-19-8-3-2-4-9-19/h2-4,8-9,11-14,22-23,31,34H,5-7,10,15-18,28H2,1H3,(H,32,37)(H3,29,30,33,36)/t22-,23+,27?/m1/s1. The number of rotatable bonds is 12. The molecule has 1 fully saturated rings. The Labute approximate surface area is 228 Å². The summed E-state index contributed by atoms with van der Waals surface area (Å²) in [6.07, 6.45) is 4.34. The van der Waals surface area contributed by atoms with Crippen LogP contribution in [0.5, 0.6) is 0 Å². The van der Waals surface area contributed by atoms with Crippen molar-refractivity contribution in [2.75, 3.05) is 18.4 Å². The molecule has 0 saturated carbocycles. The van der Waals surface area contributed by atoms with Crippen LogP contribution in [0.4, 0.5) is 11.4 Å². The Balaban J connectivity index is 1.54. The first-order chi connectivity index (χ1) is 18.6. The Morgan fingerprint density at radius 1 is 1.13 bits per heavy atom. The van der Waals surface area contributed by atoms with E-state index in [0.29, 0.717) is 31.5 Å². The van der Waals surface area contributed by atoms with E-state index < -0.39 is 28.6 Å². The van der Waals surface area contributed by atoms with Gasteiger partial charge in [-0.3, -0.25) is 40.6 Å². The van der Waals surface area contributed by atoms with Crippen LogP contribution < -0.4 is 32.7 Å². The van der Waals surface area contributed by atoms with Crippen LogP contribution in [0.25, 0.3) is 0 Å². The highest BCUT2D eigenvalue weighted by Crippen LogP contribution is 2.19. The minimum absolute atomic E-state index is 0.0238. The van der Waals surface area contributed by atoms with Gasteiger partial charge in [0.2, 0.25) is 11.8 Å². The summed E-state index contributed by atoms with van der Waals surface area (Å²) in [6.45, 7) is 3.18. The molecule has 1 heterocycles. The van der Waals surface area contributed by atoms with Gasteiger partial charge >= 0.3 is 0 Å². The Kier molecular flexibility index (Phi) is 10.9. The highest BCUT2D eigenvalue weighted by Gasteiger charge is 2.31. The number of nitrogens with zero attached hydrogens (tertiary/aromatic N) is 2. The van der Waals surface area contributed by atoms with E-state index in [1.165, 1.54) is 24.3 Å². The van der Waals surface area contributed by atoms with Gasteiger partial charge in [0.25, 0.3) is 5.69 Å². The average molecular weight is 539 g/mol. The number of nitrogens with two attached hydrogens (primary N) is 2. The van der Waals surface area contributed by atoms with Crippen LogP contribution in [0.3, 0.4) is 0 Å². The summed E-state index contributed by atoms with van der Waals surface area (Å²) in [4.78, 5) is 40.2. The van der Waals surface area contributed by atoms with Gasteiger partial charge in [-0.25, -0.2) is 0 Å². The van der Waals surface area contributed by atoms with Gasteiger partial charge in [-0.2, -0.15) is 0 Å². The summed E-state index contributed by atoms with van der Waals surface area (Å²) >= 11 is 0. The maximum atomic E-state index is 13.2. The third-order valence-corrected chi connectivity index (χ3v) is 6.59. The average Bonchev–Trinajstić information content (AvgIpc) is 2.91. The molecule has 0 spiro atoms. The molecule has 2 aromatic carbocycles. The molecule has 0 bridgehead atoms. The Morgan fingerprint density at radius 2 is 1.85 bits per heavy atom. The maximum absolute atomic E-state index is 13.2. The largest absolute Gasteiger partial charge is 0.370 e. The molecule has 1 aliphatic heterocycles. The normalized spacial score (nSPS) is 19.1. The molecule has 210 valence electrons. The first kappa shape index (κ1) is 29.7. The number of piperidine rings is 1. The third-order valence-electron chi connectivity index (χ3n) is 6.59. The molecule has 39 heavy (non-hydrogen) atoms. The minimum atomic E-state index is -0.762. The van der Waals surface area contributed by atoms with Crippen LogP contribution in [-0.4, -0.2) is 53.5 Å². The minimum Gasteiger partial charge on any atom is -0.370 e. The van der Waals surface area contributed by atoms with Gasteiger partial charge in [0.15, 0.2) is 5.96 Å². The van der Waals surface area contributed by atoms with Crippen LogP contribution in [0.1, 0.15) is 44.6 Å². The molecule has 0 aromatic heterocycles. The molecule has 1 saturated heterocycles. The van der Waals surface area contributed by atoms with Crippen molar-refractivity contribution in [2.45, 2.75) is 63.2 Å². The van der Waals surface area contributed by atoms with Crippen molar-refractivity contribution in [2.24, 2.45) is 16.5 Å². The number of nitrogens with one attached hydrogen (secondary N) is 4. The lowest BCUT2D eigenvalue weighted by molar-refractivity contribution is -0.384. The zero-order chi connectivity index (χ0) is 28.3. The van der Waals surface area contributed by atoms with Crippen molar-refractivity contribution in [3.63, 3.8) is 0 Å². The number of aliphatic imine (C=N–C) groups is 1. The summed E-state index contributed by atoms with van der Waals surface area (Å²) in [5.74, 6) is -0.697. The maximum Gasteiger partial charge on any atom is 0.269 e. The van der Waals surface area contributed by atoms with Gasteiger partial charge in [-0.05, 0) is 69.7 Å². The molecule has 12 heteroatoms. The number of amides is 2. The number of guanidine groups is 1. The fraction of sp³-hybridized carbons (Fsp3) is 0.444. The molecule has 3 atom stereocenters. The zero-order valence-electron chi connectivity index (χ0n) is 22.2. The van der Waals surface area contributed by atoms with Crippen LogP contribution in [0, 0.1) is 10.1 Å². The van der Waals surface area contributed by atoms with Gasteiger partial charge < -0.3 is 16.8 Å². The number of anilines is 1. The second-order valence-corrected chi connectivity index (χ2v) is 9.90. The molecule has 3 rings (SSSR count). The Hall–Kier alpha value is -3.87. The van der Waals surface area contributed by atoms with E-state index in [-0.39, 0.29) is 17.6 Å². The summed E-state index contributed by atoms with van der Waals surface area (Å²) in [7, 11) is 0. The van der Waals surface area contributed by atoms with Crippen molar-refractivity contribution < 1.29 is 14.5 Å². The highest BCUT2D eigenvalue weighted by atomic mass is 16.6. The molecule has 1 unspecified atom stereocenters. The molecule has 2 aromatic rings. The Morgan fingerprint density at radius 3 is 2.49 bits per heavy atom. The predicted molar refractivity (Wildman–Crippen MR) is 151 cm³/mol. The number of hydrogen-bond donors (Lipinski definition) is 6. The predicted octanol–water partition coefficient (Wildman–Crippen LogP) is 1.76. The summed E-state index contributed by atoms with van der Waals surface area (Å²) < 4.78 is 0. The van der Waals surface area contributed by atoms with Crippen molar-refractivity contribution in [1.82, 2.24) is 16.0 Å². The fourth-order valence-electron chi connectivity index (χ4n) is 4.44. The lowest BCUT2D eigenvalue weighted by Gasteiger charge is -2.38. The smallest absolute Gasteiger partial charge is 0.269 e. The molecular formula is C27H38N8O4. The number of non-ortho nitro benzene ring substituents is 1. The van der Waals surface area contributed by atoms with Crippen molar-refractivity contribution in [3.05, 3.63) is 70.3 Å². The molecule has 1 aliphatic rings. The van der Waals surface area contributed by atoms with Gasteiger partial charge in [-0.15, -0.1) is 0 Å². The van der Waals surface area contributed by atoms with E-state index >= 15 is 0 Å². The lowest BCUT2D eigenvalue weighted by Crippen LogP contribution is -2.62. The summed E-state index contributed by atoms with van der Waals surface area (Å²) in [5.41, 5.74) is 12.9. The van der Waals surface area contributed by atoms with Crippen molar-refractivity contribution in [3.8, 4) is 0 Å². The molecule has 8 N–H and O–H groups in total. The number of nitro benzene ring substituents is 1. The van der Waals surface area contributed by atoms with E-state index in [4.69, 9.17) is 11.5 Å². The van der Waals surface area contributed by atoms with Crippen molar-refractivity contribution >= 4 is 29.1 Å². The molecule has 2 amide bonds. The topological polar surface area (TPSA) is 190 Å². The van der Waals surface area contributed by atoms with E-state index in [1.807, 2.05) is 37.3 Å². The van der Waals surface area contributed by atoms with E-state index in [0.717, 1.165) is 31.4 Å². The molecule has 0 aliphatic carbocycles. The van der Waals surface area contributed by atoms with Gasteiger partial charge in [0.05, 0.1) is 22.7 Å². The first-order valence-corrected chi connectivity index (χ1v) is 13.1. The molecule has 12 nitrogen and oxygen atoms in total. The number of hydrogen-bond acceptors (Lipinski definition) is 8. The summed E-state index contributed by atoms with van der Waals surface area (Å²) in [6, 6.07) is 13.8. The number of carbonyl (C=O) groups excluding carboxylic acids is 2. The fourth-order valence-corrected chi connectivity index (χ4v) is 4.44. The van der Waals surface area contributed by atoms with Crippen LogP contribution in [0.15, 0.2) is 59.6 Å². The number of benzene rings is 2. The van der Waals surface area contributed by atoms with Crippen LogP contribution in [0.2, 0.25) is 0 Å². The van der Waals surface area contributed by atoms with E-state index in [2.05, 4.69) is 26.3 Å². The quantitative estimate of drug-likeness (QED) is 0.0774. The third kappa shape index (κ3) is 9.74. The second-order valence-electron chi connectivity index (χ2n) is 9.90. The van der Waals surface area contributed by atoms with Gasteiger partial charge in [-0.1, -0.05) is 30.3 Å². The van der Waals surface area contributed by atoms with Gasteiger partial charge in [0, 0.05) is 24.4 Å². The number of carbonyl (C=O) groups is 2. The summed E-state index contributed by atoms with van der Waals surface area (Å²) in [5, 5.41) is 23.2. The first-order valence-electron chi connectivity index (χ1n) is 13.1. The number of nitro groups is 1. The SMILES string of the molecule is CC1(N[C@@H](CCCN=C(N)NC(=O)[C@H](N)Cc2ccccc2)C(=O)Nc2ccc([N+](=O)[O-])cc2)CCCCN1. The second kappa shape index (κ2) is 14.3. The van der Waals surface area contributed by atoms with E-state index in [9.17, 15) is 19.7 Å². The monoisotopic (exact) mass is 538 g/mol. The van der Waals surface area contributed by atoms with Crippen LogP contribution in [-0.2, 0) is 16.0 Å². The van der Waals surface area contributed by atoms with Crippen LogP contribution >= 0.6 is 0 Å². The van der Waals surface area contributed by atoms with E-state index in [1.54, 1.807) is 0 Å². The van der Waals surface area contributed by atoms with Crippen molar-refractivity contribution in [1.29, 1.82) is 0 Å².